The average Bonchev–Trinajstić information content (AvgIpc) is 2.60. The molecule has 0 atom stereocenters. The van der Waals surface area contributed by atoms with Gasteiger partial charge < -0.3 is 10.1 Å². The summed E-state index contributed by atoms with van der Waals surface area (Å²) in [5.74, 6) is -1.90. The van der Waals surface area contributed by atoms with Crippen LogP contribution in [-0.2, 0) is 19.6 Å². The minimum Gasteiger partial charge on any atom is -0.452 e. The number of aryl methyl sites for hydroxylation is 1. The monoisotopic (exact) mass is 427 g/mol. The van der Waals surface area contributed by atoms with E-state index in [0.29, 0.717) is 5.56 Å². The van der Waals surface area contributed by atoms with Crippen molar-refractivity contribution in [3.05, 3.63) is 62.7 Å². The molecule has 2 rings (SSSR count). The third-order valence-corrected chi connectivity index (χ3v) is 4.69. The minimum atomic E-state index is -4.07. The van der Waals surface area contributed by atoms with Crippen molar-refractivity contribution >= 4 is 44.9 Å². The zero-order valence-electron chi connectivity index (χ0n) is 14.3. The Kier molecular flexibility index (Phi) is 6.33. The Bertz CT molecular complexity index is 1070. The lowest BCUT2D eigenvalue weighted by atomic mass is 10.2. The fraction of sp³-hybridized carbons (Fsp3) is 0.125. The molecular weight excluding hydrogens is 414 g/mol. The van der Waals surface area contributed by atoms with Gasteiger partial charge in [0.2, 0.25) is 10.0 Å². The number of hydrogen-bond acceptors (Lipinski definition) is 7. The molecule has 0 aromatic heterocycles. The highest BCUT2D eigenvalue weighted by atomic mass is 35.5. The van der Waals surface area contributed by atoms with Crippen molar-refractivity contribution in [1.82, 2.24) is 0 Å². The number of rotatable bonds is 6. The molecule has 0 aliphatic heterocycles. The lowest BCUT2D eigenvalue weighted by Crippen LogP contribution is -2.22. The van der Waals surface area contributed by atoms with Gasteiger partial charge in [0.25, 0.3) is 11.6 Å². The number of benzene rings is 2. The summed E-state index contributed by atoms with van der Waals surface area (Å²) in [6.07, 6.45) is 0. The lowest BCUT2D eigenvalue weighted by molar-refractivity contribution is -0.384. The third kappa shape index (κ3) is 5.25. The molecule has 0 saturated heterocycles. The predicted molar refractivity (Wildman–Crippen MR) is 99.6 cm³/mol. The highest BCUT2D eigenvalue weighted by Gasteiger charge is 2.20. The van der Waals surface area contributed by atoms with Gasteiger partial charge in [0, 0.05) is 6.07 Å². The van der Waals surface area contributed by atoms with Crippen molar-refractivity contribution < 1.29 is 27.7 Å². The Morgan fingerprint density at radius 2 is 1.93 bits per heavy atom. The number of nitrogens with one attached hydrogen (secondary N) is 1. The number of esters is 1. The second kappa shape index (κ2) is 8.33. The van der Waals surface area contributed by atoms with Gasteiger partial charge in [0.1, 0.15) is 5.69 Å². The Hall–Kier alpha value is -3.02. The highest BCUT2D eigenvalue weighted by molar-refractivity contribution is 7.89. The molecule has 148 valence electrons. The van der Waals surface area contributed by atoms with E-state index in [1.165, 1.54) is 12.1 Å². The van der Waals surface area contributed by atoms with Crippen molar-refractivity contribution in [2.75, 3.05) is 11.9 Å². The van der Waals surface area contributed by atoms with Gasteiger partial charge in [-0.1, -0.05) is 17.7 Å². The van der Waals surface area contributed by atoms with Gasteiger partial charge in [-0.25, -0.2) is 18.4 Å². The predicted octanol–water partition coefficient (Wildman–Crippen LogP) is 2.00. The number of carbonyl (C=O) groups excluding carboxylic acids is 2. The molecule has 0 spiro atoms. The summed E-state index contributed by atoms with van der Waals surface area (Å²) in [7, 11) is -4.07. The lowest BCUT2D eigenvalue weighted by Gasteiger charge is -2.09. The van der Waals surface area contributed by atoms with E-state index < -0.39 is 33.4 Å². The molecule has 12 heteroatoms. The molecule has 0 aliphatic carbocycles. The number of nitrogens with two attached hydrogens (primary N) is 1. The van der Waals surface area contributed by atoms with Gasteiger partial charge in [-0.15, -0.1) is 0 Å². The van der Waals surface area contributed by atoms with Gasteiger partial charge in [-0.2, -0.15) is 0 Å². The number of primary sulfonamides is 1. The standard InChI is InChI=1S/C16H14ClN3O7S/c1-9-2-5-13(14(6-9)20(23)24)19-15(21)8-27-16(22)11-7-10(28(18,25)26)3-4-12(11)17/h2-7H,8H2,1H3,(H,19,21)(H2,18,25,26). The first-order valence-electron chi connectivity index (χ1n) is 7.53. The normalized spacial score (nSPS) is 11.0. The van der Waals surface area contributed by atoms with Gasteiger partial charge in [0.15, 0.2) is 6.61 Å². The summed E-state index contributed by atoms with van der Waals surface area (Å²) in [6.45, 7) is 0.875. The van der Waals surface area contributed by atoms with E-state index in [-0.39, 0.29) is 26.9 Å². The summed E-state index contributed by atoms with van der Waals surface area (Å²) in [6, 6.07) is 7.36. The van der Waals surface area contributed by atoms with E-state index in [1.807, 2.05) is 0 Å². The van der Waals surface area contributed by atoms with E-state index in [0.717, 1.165) is 18.2 Å². The Balaban J connectivity index is 2.10. The molecule has 28 heavy (non-hydrogen) atoms. The summed E-state index contributed by atoms with van der Waals surface area (Å²) in [5.41, 5.74) is -0.0581. The Morgan fingerprint density at radius 1 is 1.25 bits per heavy atom. The Morgan fingerprint density at radius 3 is 2.54 bits per heavy atom. The summed E-state index contributed by atoms with van der Waals surface area (Å²) >= 11 is 5.84. The van der Waals surface area contributed by atoms with E-state index in [1.54, 1.807) is 13.0 Å². The number of carbonyl (C=O) groups is 2. The molecular formula is C16H14ClN3O7S. The summed E-state index contributed by atoms with van der Waals surface area (Å²) in [5, 5.41) is 18.2. The quantitative estimate of drug-likeness (QED) is 0.405. The average molecular weight is 428 g/mol. The summed E-state index contributed by atoms with van der Waals surface area (Å²) < 4.78 is 27.5. The van der Waals surface area contributed by atoms with Crippen molar-refractivity contribution in [3.63, 3.8) is 0 Å². The number of nitrogens with zero attached hydrogens (tertiary/aromatic N) is 1. The molecule has 2 aromatic carbocycles. The Labute approximate surface area is 164 Å². The van der Waals surface area contributed by atoms with Crippen LogP contribution in [0.4, 0.5) is 11.4 Å². The molecule has 0 saturated carbocycles. The topological polar surface area (TPSA) is 159 Å². The number of ether oxygens (including phenoxy) is 1. The number of anilines is 1. The van der Waals surface area contributed by atoms with Crippen LogP contribution in [0.3, 0.4) is 0 Å². The van der Waals surface area contributed by atoms with Crippen molar-refractivity contribution in [2.24, 2.45) is 5.14 Å². The van der Waals surface area contributed by atoms with Crippen LogP contribution in [0.5, 0.6) is 0 Å². The second-order valence-corrected chi connectivity index (χ2v) is 7.56. The minimum absolute atomic E-state index is 0.0640. The highest BCUT2D eigenvalue weighted by Crippen LogP contribution is 2.25. The van der Waals surface area contributed by atoms with Crippen LogP contribution >= 0.6 is 11.6 Å². The first-order valence-corrected chi connectivity index (χ1v) is 9.46. The molecule has 0 bridgehead atoms. The maximum Gasteiger partial charge on any atom is 0.340 e. The molecule has 0 fully saturated rings. The smallest absolute Gasteiger partial charge is 0.340 e. The second-order valence-electron chi connectivity index (χ2n) is 5.59. The maximum absolute atomic E-state index is 12.1. The first-order chi connectivity index (χ1) is 13.0. The largest absolute Gasteiger partial charge is 0.452 e. The number of hydrogen-bond donors (Lipinski definition) is 2. The first kappa shape index (κ1) is 21.3. The maximum atomic E-state index is 12.1. The third-order valence-electron chi connectivity index (χ3n) is 3.44. The molecule has 0 aliphatic rings. The fourth-order valence-electron chi connectivity index (χ4n) is 2.13. The molecule has 1 amide bonds. The van der Waals surface area contributed by atoms with E-state index >= 15 is 0 Å². The van der Waals surface area contributed by atoms with Crippen LogP contribution in [0.2, 0.25) is 5.02 Å². The van der Waals surface area contributed by atoms with Crippen LogP contribution in [0, 0.1) is 17.0 Å². The van der Waals surface area contributed by atoms with E-state index in [4.69, 9.17) is 21.5 Å². The zero-order chi connectivity index (χ0) is 21.1. The fourth-order valence-corrected chi connectivity index (χ4v) is 2.87. The van der Waals surface area contributed by atoms with Crippen molar-refractivity contribution in [1.29, 1.82) is 0 Å². The number of nitro groups is 1. The SMILES string of the molecule is Cc1ccc(NC(=O)COC(=O)c2cc(S(N)(=O)=O)ccc2Cl)c([N+](=O)[O-])c1. The molecule has 3 N–H and O–H groups in total. The van der Waals surface area contributed by atoms with Gasteiger partial charge in [-0.05, 0) is 36.8 Å². The van der Waals surface area contributed by atoms with Crippen LogP contribution in [0.1, 0.15) is 15.9 Å². The number of sulfonamides is 1. The number of halogens is 1. The number of amides is 1. The molecule has 0 radical (unpaired) electrons. The van der Waals surface area contributed by atoms with Crippen LogP contribution < -0.4 is 10.5 Å². The van der Waals surface area contributed by atoms with E-state index in [9.17, 15) is 28.1 Å². The zero-order valence-corrected chi connectivity index (χ0v) is 15.9. The van der Waals surface area contributed by atoms with Gasteiger partial charge in [0.05, 0.1) is 20.4 Å². The van der Waals surface area contributed by atoms with Crippen LogP contribution in [0.25, 0.3) is 0 Å². The van der Waals surface area contributed by atoms with Crippen LogP contribution in [-0.4, -0.2) is 31.8 Å². The molecule has 10 nitrogen and oxygen atoms in total. The van der Waals surface area contributed by atoms with Gasteiger partial charge >= 0.3 is 5.97 Å². The summed E-state index contributed by atoms with van der Waals surface area (Å²) in [4.78, 5) is 34.1. The molecule has 0 unspecified atom stereocenters. The number of nitro benzene ring substituents is 1. The van der Waals surface area contributed by atoms with Crippen molar-refractivity contribution in [2.45, 2.75) is 11.8 Å². The van der Waals surface area contributed by atoms with Gasteiger partial charge in [-0.3, -0.25) is 14.9 Å². The molecule has 2 aromatic rings. The van der Waals surface area contributed by atoms with Crippen molar-refractivity contribution in [3.8, 4) is 0 Å². The van der Waals surface area contributed by atoms with E-state index in [2.05, 4.69) is 5.32 Å². The molecule has 0 heterocycles. The van der Waals surface area contributed by atoms with Crippen LogP contribution in [0.15, 0.2) is 41.3 Å².